The molecule has 1 unspecified atom stereocenters. The Hall–Kier alpha value is -3.99. The molecule has 0 spiro atoms. The smallest absolute Gasteiger partial charge is 0.272 e. The molecule has 0 bridgehead atoms. The van der Waals surface area contributed by atoms with Gasteiger partial charge in [0.15, 0.2) is 16.9 Å². The highest BCUT2D eigenvalue weighted by Crippen LogP contribution is 2.15. The van der Waals surface area contributed by atoms with Gasteiger partial charge in [-0.25, -0.2) is 0 Å². The van der Waals surface area contributed by atoms with Crippen LogP contribution >= 0.6 is 11.8 Å². The molecule has 35 heavy (non-hydrogen) atoms. The second kappa shape index (κ2) is 13.0. The van der Waals surface area contributed by atoms with E-state index in [0.29, 0.717) is 16.7 Å². The van der Waals surface area contributed by atoms with Gasteiger partial charge in [-0.3, -0.25) is 19.2 Å². The van der Waals surface area contributed by atoms with Crippen molar-refractivity contribution in [2.24, 2.45) is 21.5 Å². The van der Waals surface area contributed by atoms with E-state index in [1.807, 2.05) is 6.07 Å². The minimum atomic E-state index is -1.08. The van der Waals surface area contributed by atoms with E-state index in [1.165, 1.54) is 11.8 Å². The molecule has 2 aromatic carbocycles. The zero-order valence-electron chi connectivity index (χ0n) is 19.7. The van der Waals surface area contributed by atoms with Gasteiger partial charge < -0.3 is 21.7 Å². The van der Waals surface area contributed by atoms with Gasteiger partial charge in [0.2, 0.25) is 11.9 Å². The van der Waals surface area contributed by atoms with E-state index in [-0.39, 0.29) is 35.0 Å². The number of carbonyl (C=O) groups is 4. The number of hydrogen-bond donors (Lipinski definition) is 3. The first kappa shape index (κ1) is 27.3. The summed E-state index contributed by atoms with van der Waals surface area (Å²) in [5.41, 5.74) is 13.0. The fourth-order valence-electron chi connectivity index (χ4n) is 2.83. The SMILES string of the molecule is CC(=O)NC(CSC(=O)Cc1cccc(C(=O)c2ccccc2)c1)C(=O)N=C(N)N=C(N)N(C)C. The highest BCUT2D eigenvalue weighted by molar-refractivity contribution is 8.13. The Morgan fingerprint density at radius 2 is 1.63 bits per heavy atom. The fraction of sp³-hybridized carbons (Fsp3) is 0.250. The molecule has 10 nitrogen and oxygen atoms in total. The molecule has 2 aromatic rings. The van der Waals surface area contributed by atoms with Gasteiger partial charge in [0.25, 0.3) is 5.91 Å². The number of nitrogens with one attached hydrogen (secondary N) is 1. The summed E-state index contributed by atoms with van der Waals surface area (Å²) in [7, 11) is 3.28. The van der Waals surface area contributed by atoms with E-state index < -0.39 is 17.9 Å². The van der Waals surface area contributed by atoms with E-state index in [1.54, 1.807) is 62.6 Å². The molecule has 184 valence electrons. The molecule has 5 N–H and O–H groups in total. The molecular formula is C24H28N6O4S. The van der Waals surface area contributed by atoms with Crippen LogP contribution in [0, 0.1) is 0 Å². The maximum atomic E-state index is 12.7. The highest BCUT2D eigenvalue weighted by atomic mass is 32.2. The molecule has 0 aliphatic heterocycles. The van der Waals surface area contributed by atoms with Crippen LogP contribution in [-0.4, -0.2) is 65.4 Å². The second-order valence-electron chi connectivity index (χ2n) is 7.68. The molecule has 2 rings (SSSR count). The summed E-state index contributed by atoms with van der Waals surface area (Å²) in [6.45, 7) is 1.25. The van der Waals surface area contributed by atoms with Crippen LogP contribution in [0.2, 0.25) is 0 Å². The van der Waals surface area contributed by atoms with Gasteiger partial charge in [0.05, 0.1) is 0 Å². The monoisotopic (exact) mass is 496 g/mol. The van der Waals surface area contributed by atoms with Gasteiger partial charge in [-0.2, -0.15) is 9.98 Å². The zero-order valence-corrected chi connectivity index (χ0v) is 20.5. The summed E-state index contributed by atoms with van der Waals surface area (Å²) in [4.78, 5) is 58.2. The first-order valence-corrected chi connectivity index (χ1v) is 11.6. The van der Waals surface area contributed by atoms with Gasteiger partial charge in [-0.05, 0) is 11.6 Å². The standard InChI is InChI=1S/C24H28N6O4S/c1-15(31)27-19(22(34)28-23(25)29-24(26)30(2)3)14-35-20(32)13-16-8-7-11-18(12-16)21(33)17-9-5-4-6-10-17/h4-12,19H,13-14H2,1-3H3,(H,27,31)(H4,25,26,28,29,34). The maximum Gasteiger partial charge on any atom is 0.272 e. The third-order valence-corrected chi connectivity index (χ3v) is 5.54. The molecular weight excluding hydrogens is 468 g/mol. The van der Waals surface area contributed by atoms with E-state index in [9.17, 15) is 19.2 Å². The Bertz CT molecular complexity index is 1150. The van der Waals surface area contributed by atoms with Gasteiger partial charge >= 0.3 is 0 Å². The van der Waals surface area contributed by atoms with Crippen LogP contribution in [0.5, 0.6) is 0 Å². The molecule has 0 aliphatic carbocycles. The summed E-state index contributed by atoms with van der Waals surface area (Å²) >= 11 is 0.868. The van der Waals surface area contributed by atoms with E-state index >= 15 is 0 Å². The molecule has 11 heteroatoms. The molecule has 1 atom stereocenters. The molecule has 0 aromatic heterocycles. The van der Waals surface area contributed by atoms with Gasteiger partial charge in [-0.1, -0.05) is 60.3 Å². The number of nitrogens with two attached hydrogens (primary N) is 2. The van der Waals surface area contributed by atoms with Crippen LogP contribution in [0.15, 0.2) is 64.6 Å². The lowest BCUT2D eigenvalue weighted by Crippen LogP contribution is -2.42. The van der Waals surface area contributed by atoms with Gasteiger partial charge in [0, 0.05) is 44.3 Å². The predicted octanol–water partition coefficient (Wildman–Crippen LogP) is 0.942. The van der Waals surface area contributed by atoms with Crippen LogP contribution < -0.4 is 16.8 Å². The zero-order chi connectivity index (χ0) is 26.0. The minimum absolute atomic E-state index is 0.0383. The van der Waals surface area contributed by atoms with Crippen molar-refractivity contribution in [3.8, 4) is 0 Å². The van der Waals surface area contributed by atoms with Crippen LogP contribution in [0.1, 0.15) is 28.4 Å². The third-order valence-electron chi connectivity index (χ3n) is 4.57. The lowest BCUT2D eigenvalue weighted by atomic mass is 10.0. The van der Waals surface area contributed by atoms with Crippen LogP contribution in [0.25, 0.3) is 0 Å². The van der Waals surface area contributed by atoms with E-state index in [0.717, 1.165) is 11.8 Å². The summed E-state index contributed by atoms with van der Waals surface area (Å²) in [5.74, 6) is -1.74. The topological polar surface area (TPSA) is 160 Å². The third kappa shape index (κ3) is 9.05. The van der Waals surface area contributed by atoms with Gasteiger partial charge in [0.1, 0.15) is 6.04 Å². The Kier molecular flexibility index (Phi) is 10.2. The largest absolute Gasteiger partial charge is 0.369 e. The number of thioether (sulfide) groups is 1. The second-order valence-corrected chi connectivity index (χ2v) is 8.76. The first-order chi connectivity index (χ1) is 16.6. The Morgan fingerprint density at radius 1 is 0.971 bits per heavy atom. The van der Waals surface area contributed by atoms with E-state index in [2.05, 4.69) is 15.3 Å². The summed E-state index contributed by atoms with van der Waals surface area (Å²) in [5, 5.41) is 2.22. The lowest BCUT2D eigenvalue weighted by Gasteiger charge is -2.14. The average molecular weight is 497 g/mol. The average Bonchev–Trinajstić information content (AvgIpc) is 2.81. The maximum absolute atomic E-state index is 12.7. The summed E-state index contributed by atoms with van der Waals surface area (Å²) in [6.07, 6.45) is 0.0383. The number of guanidine groups is 2. The number of aliphatic imine (C=N–C) groups is 2. The first-order valence-electron chi connectivity index (χ1n) is 10.6. The van der Waals surface area contributed by atoms with E-state index in [4.69, 9.17) is 11.5 Å². The molecule has 0 saturated heterocycles. The van der Waals surface area contributed by atoms with Crippen molar-refractivity contribution in [2.75, 3.05) is 19.8 Å². The Morgan fingerprint density at radius 3 is 2.26 bits per heavy atom. The van der Waals surface area contributed by atoms with Crippen molar-refractivity contribution in [1.29, 1.82) is 0 Å². The number of rotatable bonds is 8. The quantitative estimate of drug-likeness (QED) is 0.276. The van der Waals surface area contributed by atoms with Crippen molar-refractivity contribution in [2.45, 2.75) is 19.4 Å². The van der Waals surface area contributed by atoms with Crippen molar-refractivity contribution in [3.63, 3.8) is 0 Å². The number of ketones is 1. The number of hydrogen-bond acceptors (Lipinski definition) is 5. The molecule has 0 heterocycles. The predicted molar refractivity (Wildman–Crippen MR) is 137 cm³/mol. The summed E-state index contributed by atoms with van der Waals surface area (Å²) < 4.78 is 0. The van der Waals surface area contributed by atoms with Crippen molar-refractivity contribution in [3.05, 3.63) is 71.3 Å². The molecule has 2 amide bonds. The number of carbonyl (C=O) groups excluding carboxylic acids is 4. The highest BCUT2D eigenvalue weighted by Gasteiger charge is 2.21. The van der Waals surface area contributed by atoms with Crippen molar-refractivity contribution >= 4 is 46.4 Å². The van der Waals surface area contributed by atoms with Crippen molar-refractivity contribution < 1.29 is 19.2 Å². The van der Waals surface area contributed by atoms with Crippen LogP contribution in [0.3, 0.4) is 0 Å². The Balaban J connectivity index is 2.04. The van der Waals surface area contributed by atoms with Crippen molar-refractivity contribution in [1.82, 2.24) is 10.2 Å². The fourth-order valence-corrected chi connectivity index (χ4v) is 3.67. The Labute approximate surface area is 207 Å². The molecule has 0 radical (unpaired) electrons. The number of nitrogens with zero attached hydrogens (tertiary/aromatic N) is 3. The molecule has 0 saturated carbocycles. The number of benzene rings is 2. The lowest BCUT2D eigenvalue weighted by molar-refractivity contribution is -0.125. The van der Waals surface area contributed by atoms with Crippen LogP contribution in [0.4, 0.5) is 0 Å². The summed E-state index contributed by atoms with van der Waals surface area (Å²) in [6, 6.07) is 14.6. The molecule has 0 aliphatic rings. The van der Waals surface area contributed by atoms with Crippen LogP contribution in [-0.2, 0) is 20.8 Å². The normalized spacial score (nSPS) is 12.5. The molecule has 0 fully saturated rings. The minimum Gasteiger partial charge on any atom is -0.369 e. The van der Waals surface area contributed by atoms with Gasteiger partial charge in [-0.15, -0.1) is 0 Å². The number of amides is 2.